The van der Waals surface area contributed by atoms with Crippen molar-refractivity contribution in [3.63, 3.8) is 0 Å². The van der Waals surface area contributed by atoms with Crippen LogP contribution in [0.2, 0.25) is 0 Å². The Hall–Kier alpha value is -2.42. The van der Waals surface area contributed by atoms with Gasteiger partial charge >= 0.3 is 5.97 Å². The molecule has 3 nitrogen and oxygen atoms in total. The first kappa shape index (κ1) is 15.5. The first-order valence-corrected chi connectivity index (χ1v) is 8.12. The molecule has 0 aromatic heterocycles. The van der Waals surface area contributed by atoms with E-state index < -0.39 is 0 Å². The Morgan fingerprint density at radius 1 is 1.09 bits per heavy atom. The van der Waals surface area contributed by atoms with Crippen LogP contribution in [0.3, 0.4) is 0 Å². The number of esters is 1. The van der Waals surface area contributed by atoms with Gasteiger partial charge in [-0.2, -0.15) is 0 Å². The van der Waals surface area contributed by atoms with Gasteiger partial charge in [0.05, 0.1) is 5.56 Å². The van der Waals surface area contributed by atoms with E-state index in [0.29, 0.717) is 17.0 Å². The van der Waals surface area contributed by atoms with Crippen molar-refractivity contribution in [3.8, 4) is 5.75 Å². The van der Waals surface area contributed by atoms with Crippen LogP contribution in [0.15, 0.2) is 48.5 Å². The second kappa shape index (κ2) is 6.78. The minimum absolute atomic E-state index is 0.283. The van der Waals surface area contributed by atoms with Crippen LogP contribution >= 0.6 is 0 Å². The van der Waals surface area contributed by atoms with Gasteiger partial charge in [-0.25, -0.2) is 4.79 Å². The summed E-state index contributed by atoms with van der Waals surface area (Å²) in [5.74, 6) is 0.391. The molecule has 118 valence electrons. The average Bonchev–Trinajstić information content (AvgIpc) is 3.11. The number of carbonyl (C=O) groups excluding carboxylic acids is 1. The Morgan fingerprint density at radius 3 is 2.48 bits per heavy atom. The predicted molar refractivity (Wildman–Crippen MR) is 91.4 cm³/mol. The van der Waals surface area contributed by atoms with Crippen LogP contribution in [0.4, 0.5) is 0 Å². The molecular weight excluding hydrogens is 286 g/mol. The summed E-state index contributed by atoms with van der Waals surface area (Å²) < 4.78 is 5.59. The van der Waals surface area contributed by atoms with Crippen molar-refractivity contribution >= 4 is 11.7 Å². The molecule has 1 saturated carbocycles. The van der Waals surface area contributed by atoms with E-state index in [2.05, 4.69) is 0 Å². The molecule has 0 unspecified atom stereocenters. The van der Waals surface area contributed by atoms with Gasteiger partial charge in [0, 0.05) is 17.2 Å². The zero-order valence-corrected chi connectivity index (χ0v) is 13.3. The minimum Gasteiger partial charge on any atom is -0.422 e. The first-order chi connectivity index (χ1) is 11.1. The molecule has 1 N–H and O–H groups in total. The molecule has 3 rings (SSSR count). The number of aryl methyl sites for hydroxylation is 1. The van der Waals surface area contributed by atoms with E-state index in [4.69, 9.17) is 10.1 Å². The van der Waals surface area contributed by atoms with E-state index in [1.165, 1.54) is 12.8 Å². The molecular formula is C20H21NO2. The maximum Gasteiger partial charge on any atom is 0.343 e. The molecule has 2 aromatic rings. The smallest absolute Gasteiger partial charge is 0.343 e. The normalized spacial score (nSPS) is 14.7. The lowest BCUT2D eigenvalue weighted by molar-refractivity contribution is 0.0734. The highest BCUT2D eigenvalue weighted by Crippen LogP contribution is 2.32. The van der Waals surface area contributed by atoms with Crippen molar-refractivity contribution < 1.29 is 9.53 Å². The number of nitrogens with one attached hydrogen (secondary N) is 1. The third-order valence-electron chi connectivity index (χ3n) is 4.40. The summed E-state index contributed by atoms with van der Waals surface area (Å²) in [6.45, 7) is 1.99. The highest BCUT2D eigenvalue weighted by atomic mass is 16.5. The van der Waals surface area contributed by atoms with Gasteiger partial charge in [-0.1, -0.05) is 42.7 Å². The van der Waals surface area contributed by atoms with Crippen molar-refractivity contribution in [3.05, 3.63) is 65.2 Å². The fourth-order valence-corrected chi connectivity index (χ4v) is 3.11. The van der Waals surface area contributed by atoms with Crippen molar-refractivity contribution in [1.82, 2.24) is 0 Å². The number of ether oxygens (including phenoxy) is 1. The van der Waals surface area contributed by atoms with Crippen LogP contribution in [-0.2, 0) is 0 Å². The Labute approximate surface area is 136 Å². The number of hydrogen-bond acceptors (Lipinski definition) is 3. The third-order valence-corrected chi connectivity index (χ3v) is 4.40. The Bertz CT molecular complexity index is 716. The standard InChI is InChI=1S/C20H21NO2/c1-14-11-12-18(23-20(22)16-9-3-2-4-10-16)17(13-14)19(21)15-7-5-6-8-15/h2-4,9-13,15,21H,5-8H2,1H3. The number of carbonyl (C=O) groups is 1. The molecule has 23 heavy (non-hydrogen) atoms. The molecule has 0 heterocycles. The molecule has 0 saturated heterocycles. The Kier molecular flexibility index (Phi) is 4.56. The van der Waals surface area contributed by atoms with Crippen LogP contribution in [0, 0.1) is 18.3 Å². The molecule has 0 atom stereocenters. The van der Waals surface area contributed by atoms with Crippen LogP contribution in [0.1, 0.15) is 47.2 Å². The van der Waals surface area contributed by atoms with Crippen LogP contribution < -0.4 is 4.74 Å². The molecule has 0 radical (unpaired) electrons. The molecule has 0 amide bonds. The van der Waals surface area contributed by atoms with Crippen molar-refractivity contribution in [2.75, 3.05) is 0 Å². The van der Waals surface area contributed by atoms with Gasteiger partial charge in [-0.15, -0.1) is 0 Å². The van der Waals surface area contributed by atoms with Crippen LogP contribution in [0.5, 0.6) is 5.75 Å². The maximum absolute atomic E-state index is 12.3. The van der Waals surface area contributed by atoms with Crippen molar-refractivity contribution in [2.24, 2.45) is 5.92 Å². The lowest BCUT2D eigenvalue weighted by atomic mass is 9.94. The van der Waals surface area contributed by atoms with Gasteiger partial charge in [0.1, 0.15) is 5.75 Å². The van der Waals surface area contributed by atoms with E-state index in [-0.39, 0.29) is 11.9 Å². The lowest BCUT2D eigenvalue weighted by Gasteiger charge is -2.16. The first-order valence-electron chi connectivity index (χ1n) is 8.12. The highest BCUT2D eigenvalue weighted by molar-refractivity contribution is 6.03. The zero-order chi connectivity index (χ0) is 16.2. The van der Waals surface area contributed by atoms with E-state index >= 15 is 0 Å². The molecule has 3 heteroatoms. The second-order valence-electron chi connectivity index (χ2n) is 6.15. The second-order valence-corrected chi connectivity index (χ2v) is 6.15. The summed E-state index contributed by atoms with van der Waals surface area (Å²) in [5.41, 5.74) is 2.94. The van der Waals surface area contributed by atoms with Crippen molar-refractivity contribution in [2.45, 2.75) is 32.6 Å². The molecule has 0 aliphatic heterocycles. The topological polar surface area (TPSA) is 50.2 Å². The molecule has 0 spiro atoms. The minimum atomic E-state index is -0.380. The largest absolute Gasteiger partial charge is 0.422 e. The monoisotopic (exact) mass is 307 g/mol. The summed E-state index contributed by atoms with van der Waals surface area (Å²) in [4.78, 5) is 12.3. The molecule has 1 fully saturated rings. The summed E-state index contributed by atoms with van der Waals surface area (Å²) in [7, 11) is 0. The third kappa shape index (κ3) is 3.50. The molecule has 1 aliphatic rings. The van der Waals surface area contributed by atoms with Gasteiger partial charge in [0.2, 0.25) is 0 Å². The summed E-state index contributed by atoms with van der Waals surface area (Å²) in [6.07, 6.45) is 4.47. The van der Waals surface area contributed by atoms with Crippen LogP contribution in [-0.4, -0.2) is 11.7 Å². The van der Waals surface area contributed by atoms with E-state index in [9.17, 15) is 4.79 Å². The van der Waals surface area contributed by atoms with Crippen LogP contribution in [0.25, 0.3) is 0 Å². The number of rotatable bonds is 4. The van der Waals surface area contributed by atoms with Gasteiger partial charge in [0.25, 0.3) is 0 Å². The predicted octanol–water partition coefficient (Wildman–Crippen LogP) is 4.77. The highest BCUT2D eigenvalue weighted by Gasteiger charge is 2.24. The lowest BCUT2D eigenvalue weighted by Crippen LogP contribution is -2.16. The summed E-state index contributed by atoms with van der Waals surface area (Å²) in [6, 6.07) is 14.6. The van der Waals surface area contributed by atoms with Gasteiger partial charge < -0.3 is 10.1 Å². The van der Waals surface area contributed by atoms with Gasteiger partial charge in [0.15, 0.2) is 0 Å². The fraction of sp³-hybridized carbons (Fsp3) is 0.300. The summed E-state index contributed by atoms with van der Waals surface area (Å²) in [5, 5.41) is 8.52. The molecule has 0 bridgehead atoms. The Morgan fingerprint density at radius 2 is 1.78 bits per heavy atom. The SMILES string of the molecule is Cc1ccc(OC(=O)c2ccccc2)c(C(=N)C2CCCC2)c1. The maximum atomic E-state index is 12.3. The number of benzene rings is 2. The van der Waals surface area contributed by atoms with Crippen molar-refractivity contribution in [1.29, 1.82) is 5.41 Å². The Balaban J connectivity index is 1.87. The number of hydrogen-bond donors (Lipinski definition) is 1. The van der Waals surface area contributed by atoms with E-state index in [1.54, 1.807) is 18.2 Å². The quantitative estimate of drug-likeness (QED) is 0.502. The average molecular weight is 307 g/mol. The van der Waals surface area contributed by atoms with E-state index in [1.807, 2.05) is 37.3 Å². The van der Waals surface area contributed by atoms with Gasteiger partial charge in [-0.3, -0.25) is 0 Å². The zero-order valence-electron chi connectivity index (χ0n) is 13.3. The molecule has 2 aromatic carbocycles. The summed E-state index contributed by atoms with van der Waals surface area (Å²) >= 11 is 0. The molecule has 1 aliphatic carbocycles. The van der Waals surface area contributed by atoms with Gasteiger partial charge in [-0.05, 0) is 44.0 Å². The fourth-order valence-electron chi connectivity index (χ4n) is 3.11. The van der Waals surface area contributed by atoms with E-state index in [0.717, 1.165) is 24.0 Å².